The molecule has 0 amide bonds. The first kappa shape index (κ1) is 5.55. The van der Waals surface area contributed by atoms with Crippen molar-refractivity contribution < 1.29 is 0 Å². The smallest absolute Gasteiger partial charge is 0.113 e. The molecule has 0 aliphatic carbocycles. The minimum absolute atomic E-state index is 0.458. The average molecular weight is 116 g/mol. The summed E-state index contributed by atoms with van der Waals surface area (Å²) in [5.41, 5.74) is 0.458. The summed E-state index contributed by atoms with van der Waals surface area (Å²) in [7, 11) is 0. The van der Waals surface area contributed by atoms with Gasteiger partial charge in [0.25, 0.3) is 0 Å². The fraction of sp³-hybridized carbons (Fsp3) is 0. The molecule has 0 bridgehead atoms. The Bertz CT molecular complexity index is 257. The molecule has 1 rings (SSSR count). The van der Waals surface area contributed by atoms with Crippen molar-refractivity contribution in [1.82, 2.24) is 0 Å². The third-order valence-corrected chi connectivity index (χ3v) is 0.840. The second-order valence-electron chi connectivity index (χ2n) is 1.47. The summed E-state index contributed by atoms with van der Waals surface area (Å²) >= 11 is 0. The molecule has 2 heteroatoms. The molecule has 0 fully saturated rings. The number of nitriles is 1. The van der Waals surface area contributed by atoms with Crippen LogP contribution in [0, 0.1) is 11.3 Å². The van der Waals surface area contributed by atoms with E-state index in [1.54, 1.807) is 24.4 Å². The van der Waals surface area contributed by atoms with Crippen LogP contribution in [0.4, 0.5) is 0 Å². The summed E-state index contributed by atoms with van der Waals surface area (Å²) in [6, 6.07) is 1.93. The molecule has 0 radical (unpaired) electrons. The molecule has 0 N–H and O–H groups in total. The van der Waals surface area contributed by atoms with Gasteiger partial charge >= 0.3 is 0 Å². The van der Waals surface area contributed by atoms with Crippen LogP contribution in [0.2, 0.25) is 0 Å². The summed E-state index contributed by atoms with van der Waals surface area (Å²) in [5.74, 6) is 2.54. The number of hydrogen-bond acceptors (Lipinski definition) is 2. The molecule has 0 saturated heterocycles. The largest absolute Gasteiger partial charge is 0.213 e. The van der Waals surface area contributed by atoms with E-state index < -0.39 is 0 Å². The predicted molar refractivity (Wildman–Crippen MR) is 34.8 cm³/mol. The Morgan fingerprint density at radius 1 is 1.56 bits per heavy atom. The van der Waals surface area contributed by atoms with Crippen LogP contribution in [0.5, 0.6) is 0 Å². The minimum atomic E-state index is 0.458. The first-order valence-corrected chi connectivity index (χ1v) is 2.49. The average Bonchev–Trinajstić information content (AvgIpc) is 2.13. The maximum atomic E-state index is 8.33. The van der Waals surface area contributed by atoms with Gasteiger partial charge in [0.05, 0.1) is 0 Å². The Hall–Kier alpha value is -1.58. The van der Waals surface area contributed by atoms with E-state index in [0.29, 0.717) is 5.57 Å². The van der Waals surface area contributed by atoms with E-state index in [4.69, 9.17) is 5.26 Å². The van der Waals surface area contributed by atoms with Crippen LogP contribution in [-0.4, -0.2) is 5.87 Å². The van der Waals surface area contributed by atoms with Crippen molar-refractivity contribution in [2.45, 2.75) is 0 Å². The van der Waals surface area contributed by atoms with Crippen LogP contribution in [-0.2, 0) is 0 Å². The van der Waals surface area contributed by atoms with E-state index in [1.807, 2.05) is 6.07 Å². The molecule has 1 heterocycles. The van der Waals surface area contributed by atoms with Gasteiger partial charge in [-0.25, -0.2) is 4.99 Å². The second-order valence-corrected chi connectivity index (χ2v) is 1.47. The quantitative estimate of drug-likeness (QED) is 0.468. The maximum absolute atomic E-state index is 8.33. The molecular weight excluding hydrogens is 112 g/mol. The molecule has 0 spiro atoms. The van der Waals surface area contributed by atoms with Gasteiger partial charge in [0.2, 0.25) is 0 Å². The van der Waals surface area contributed by atoms with Gasteiger partial charge in [0.1, 0.15) is 11.6 Å². The van der Waals surface area contributed by atoms with Gasteiger partial charge in [-0.1, -0.05) is 6.08 Å². The molecule has 9 heavy (non-hydrogen) atoms. The Balaban J connectivity index is 3.01. The van der Waals surface area contributed by atoms with Crippen molar-refractivity contribution in [3.63, 3.8) is 0 Å². The maximum Gasteiger partial charge on any atom is 0.113 e. The van der Waals surface area contributed by atoms with Crippen molar-refractivity contribution in [2.75, 3.05) is 0 Å². The summed E-state index contributed by atoms with van der Waals surface area (Å²) < 4.78 is 0. The number of aliphatic imine (C=N–C) groups is 1. The van der Waals surface area contributed by atoms with Crippen LogP contribution in [0.15, 0.2) is 35.0 Å². The summed E-state index contributed by atoms with van der Waals surface area (Å²) in [6.07, 6.45) is 6.74. The Morgan fingerprint density at radius 3 is 3.22 bits per heavy atom. The van der Waals surface area contributed by atoms with Gasteiger partial charge in [-0.2, -0.15) is 5.26 Å². The summed E-state index contributed by atoms with van der Waals surface area (Å²) in [5, 5.41) is 8.33. The van der Waals surface area contributed by atoms with Crippen LogP contribution >= 0.6 is 0 Å². The van der Waals surface area contributed by atoms with E-state index in [2.05, 4.69) is 10.9 Å². The Kier molecular flexibility index (Phi) is 1.64. The Morgan fingerprint density at radius 2 is 2.44 bits per heavy atom. The normalized spacial score (nSPS) is 14.3. The molecule has 0 saturated carbocycles. The molecule has 2 nitrogen and oxygen atoms in total. The molecule has 0 aromatic carbocycles. The molecular formula is C7H4N2. The SMILES string of the molecule is N#CC1=C=NC=CC=C1. The van der Waals surface area contributed by atoms with Crippen molar-refractivity contribution in [1.29, 1.82) is 5.26 Å². The third-order valence-electron chi connectivity index (χ3n) is 0.840. The fourth-order valence-corrected chi connectivity index (χ4v) is 0.451. The van der Waals surface area contributed by atoms with Gasteiger partial charge in [-0.05, 0) is 12.2 Å². The highest BCUT2D eigenvalue weighted by molar-refractivity contribution is 5.68. The molecule has 0 atom stereocenters. The molecule has 0 aromatic rings. The van der Waals surface area contributed by atoms with E-state index in [-0.39, 0.29) is 0 Å². The van der Waals surface area contributed by atoms with E-state index >= 15 is 0 Å². The summed E-state index contributed by atoms with van der Waals surface area (Å²) in [4.78, 5) is 3.67. The van der Waals surface area contributed by atoms with Crippen molar-refractivity contribution in [3.05, 3.63) is 30.0 Å². The first-order valence-electron chi connectivity index (χ1n) is 2.49. The van der Waals surface area contributed by atoms with Gasteiger partial charge in [-0.15, -0.1) is 0 Å². The van der Waals surface area contributed by atoms with Crippen LogP contribution in [0.3, 0.4) is 0 Å². The van der Waals surface area contributed by atoms with Crippen molar-refractivity contribution in [2.24, 2.45) is 4.99 Å². The van der Waals surface area contributed by atoms with Crippen LogP contribution in [0.1, 0.15) is 0 Å². The van der Waals surface area contributed by atoms with E-state index in [1.165, 1.54) is 0 Å². The zero-order chi connectivity index (χ0) is 6.53. The third kappa shape index (κ3) is 1.41. The minimum Gasteiger partial charge on any atom is -0.213 e. The Labute approximate surface area is 53.1 Å². The molecule has 0 unspecified atom stereocenters. The van der Waals surface area contributed by atoms with E-state index in [0.717, 1.165) is 0 Å². The molecule has 42 valence electrons. The first-order chi connectivity index (χ1) is 4.43. The van der Waals surface area contributed by atoms with Crippen LogP contribution in [0.25, 0.3) is 0 Å². The summed E-state index contributed by atoms with van der Waals surface area (Å²) in [6.45, 7) is 0. The second kappa shape index (κ2) is 2.66. The van der Waals surface area contributed by atoms with Crippen molar-refractivity contribution in [3.8, 4) is 6.07 Å². The fourth-order valence-electron chi connectivity index (χ4n) is 0.451. The highest BCUT2D eigenvalue weighted by Gasteiger charge is 1.84. The number of rotatable bonds is 0. The lowest BCUT2D eigenvalue weighted by atomic mass is 10.3. The number of allylic oxidation sites excluding steroid dienone is 4. The standard InChI is InChI=1S/C7H4N2/c8-5-7-3-1-2-4-9-6-7/h1-4H. The van der Waals surface area contributed by atoms with Gasteiger partial charge < -0.3 is 0 Å². The lowest BCUT2D eigenvalue weighted by Gasteiger charge is -1.71. The van der Waals surface area contributed by atoms with Gasteiger partial charge in [0.15, 0.2) is 0 Å². The monoisotopic (exact) mass is 116 g/mol. The molecule has 0 aromatic heterocycles. The highest BCUT2D eigenvalue weighted by atomic mass is 14.6. The van der Waals surface area contributed by atoms with Crippen molar-refractivity contribution >= 4 is 5.87 Å². The zero-order valence-corrected chi connectivity index (χ0v) is 4.70. The highest BCUT2D eigenvalue weighted by Crippen LogP contribution is 1.92. The topological polar surface area (TPSA) is 36.1 Å². The predicted octanol–water partition coefficient (Wildman–Crippen LogP) is 1.19. The van der Waals surface area contributed by atoms with Gasteiger partial charge in [-0.3, -0.25) is 0 Å². The number of hydrogen-bond donors (Lipinski definition) is 0. The van der Waals surface area contributed by atoms with E-state index in [9.17, 15) is 0 Å². The molecule has 1 aliphatic rings. The number of nitrogens with zero attached hydrogens (tertiary/aromatic N) is 2. The zero-order valence-electron chi connectivity index (χ0n) is 4.70. The molecule has 1 aliphatic heterocycles. The lowest BCUT2D eigenvalue weighted by molar-refractivity contribution is 1.51. The lowest BCUT2D eigenvalue weighted by Crippen LogP contribution is -1.67. The van der Waals surface area contributed by atoms with Gasteiger partial charge in [0, 0.05) is 12.1 Å². The van der Waals surface area contributed by atoms with Crippen LogP contribution < -0.4 is 0 Å².